The molecular weight excluding hydrogens is 154 g/mol. The Hall–Kier alpha value is -1.45. The van der Waals surface area contributed by atoms with Gasteiger partial charge in [0.2, 0.25) is 0 Å². The molecule has 1 aromatic heterocycles. The Morgan fingerprint density at radius 3 is 2.83 bits per heavy atom. The molecule has 0 spiro atoms. The summed E-state index contributed by atoms with van der Waals surface area (Å²) in [6.45, 7) is 2.94. The molecule has 0 aliphatic rings. The van der Waals surface area contributed by atoms with Crippen molar-refractivity contribution in [3.63, 3.8) is 0 Å². The predicted molar refractivity (Wildman–Crippen MR) is 46.2 cm³/mol. The number of hydrogen-bond acceptors (Lipinski definition) is 4. The van der Waals surface area contributed by atoms with Crippen molar-refractivity contribution in [3.8, 4) is 0 Å². The molecule has 0 amide bonds. The van der Waals surface area contributed by atoms with Gasteiger partial charge in [-0.15, -0.1) is 0 Å². The monoisotopic (exact) mass is 165 g/mol. The van der Waals surface area contributed by atoms with E-state index in [4.69, 9.17) is 0 Å². The minimum Gasteiger partial charge on any atom is -0.369 e. The average molecular weight is 165 g/mol. The maximum Gasteiger partial charge on any atom is 0.170 e. The molecule has 0 aliphatic carbocycles. The van der Waals surface area contributed by atoms with Gasteiger partial charge in [-0.1, -0.05) is 6.92 Å². The first-order valence-corrected chi connectivity index (χ1v) is 3.88. The number of carbonyl (C=O) groups excluding carboxylic acids is 1. The van der Waals surface area contributed by atoms with Crippen molar-refractivity contribution in [2.24, 2.45) is 0 Å². The largest absolute Gasteiger partial charge is 0.369 e. The smallest absolute Gasteiger partial charge is 0.170 e. The Morgan fingerprint density at radius 2 is 2.33 bits per heavy atom. The van der Waals surface area contributed by atoms with E-state index < -0.39 is 0 Å². The number of rotatable bonds is 4. The van der Waals surface area contributed by atoms with Crippen LogP contribution < -0.4 is 5.32 Å². The van der Waals surface area contributed by atoms with E-state index in [2.05, 4.69) is 22.2 Å². The molecule has 0 fully saturated rings. The van der Waals surface area contributed by atoms with Gasteiger partial charge < -0.3 is 5.32 Å². The fraction of sp³-hybridized carbons (Fsp3) is 0.375. The zero-order valence-electron chi connectivity index (χ0n) is 6.95. The molecule has 0 unspecified atom stereocenters. The van der Waals surface area contributed by atoms with E-state index in [9.17, 15) is 4.79 Å². The van der Waals surface area contributed by atoms with E-state index in [1.165, 1.54) is 6.20 Å². The van der Waals surface area contributed by atoms with Crippen LogP contribution in [0.4, 0.5) is 5.82 Å². The normalized spacial score (nSPS) is 9.42. The van der Waals surface area contributed by atoms with E-state index in [-0.39, 0.29) is 0 Å². The van der Waals surface area contributed by atoms with Crippen molar-refractivity contribution >= 4 is 12.1 Å². The van der Waals surface area contributed by atoms with Gasteiger partial charge in [-0.05, 0) is 6.42 Å². The minimum atomic E-state index is 0.358. The summed E-state index contributed by atoms with van der Waals surface area (Å²) < 4.78 is 0. The van der Waals surface area contributed by atoms with Gasteiger partial charge in [-0.25, -0.2) is 9.97 Å². The van der Waals surface area contributed by atoms with Crippen LogP contribution in [0.2, 0.25) is 0 Å². The molecule has 1 rings (SSSR count). The maximum atomic E-state index is 10.2. The number of nitrogens with zero attached hydrogens (tertiary/aromatic N) is 2. The van der Waals surface area contributed by atoms with Crippen LogP contribution in [0.5, 0.6) is 0 Å². The minimum absolute atomic E-state index is 0.358. The van der Waals surface area contributed by atoms with E-state index >= 15 is 0 Å². The zero-order valence-corrected chi connectivity index (χ0v) is 6.95. The maximum absolute atomic E-state index is 10.2. The van der Waals surface area contributed by atoms with Gasteiger partial charge in [0.15, 0.2) is 6.29 Å². The summed E-state index contributed by atoms with van der Waals surface area (Å²) in [5, 5.41) is 3.06. The lowest BCUT2D eigenvalue weighted by Crippen LogP contribution is -2.02. The molecule has 64 valence electrons. The standard InChI is InChI=1S/C8H11N3O/c1-2-3-9-8-5-10-7(6-12)4-11-8/h4-6H,2-3H2,1H3,(H,9,11). The first-order chi connectivity index (χ1) is 5.86. The molecule has 0 saturated heterocycles. The van der Waals surface area contributed by atoms with Gasteiger partial charge >= 0.3 is 0 Å². The van der Waals surface area contributed by atoms with Crippen LogP contribution in [0.15, 0.2) is 12.4 Å². The molecule has 1 aromatic rings. The van der Waals surface area contributed by atoms with Crippen molar-refractivity contribution in [2.75, 3.05) is 11.9 Å². The highest BCUT2D eigenvalue weighted by atomic mass is 16.1. The Labute approximate surface area is 71.0 Å². The topological polar surface area (TPSA) is 54.9 Å². The second kappa shape index (κ2) is 4.43. The summed E-state index contributed by atoms with van der Waals surface area (Å²) in [5.41, 5.74) is 0.358. The SMILES string of the molecule is CCCNc1cnc(C=O)cn1. The first kappa shape index (κ1) is 8.64. The number of hydrogen-bond donors (Lipinski definition) is 1. The lowest BCUT2D eigenvalue weighted by Gasteiger charge is -2.01. The summed E-state index contributed by atoms with van der Waals surface area (Å²) in [6.07, 6.45) is 4.72. The quantitative estimate of drug-likeness (QED) is 0.679. The van der Waals surface area contributed by atoms with Crippen molar-refractivity contribution in [2.45, 2.75) is 13.3 Å². The molecular formula is C8H11N3O. The Kier molecular flexibility index (Phi) is 3.19. The number of aromatic nitrogens is 2. The molecule has 12 heavy (non-hydrogen) atoms. The third-order valence-corrected chi connectivity index (χ3v) is 1.35. The zero-order chi connectivity index (χ0) is 8.81. The Morgan fingerprint density at radius 1 is 1.50 bits per heavy atom. The number of aldehydes is 1. The fourth-order valence-corrected chi connectivity index (χ4v) is 0.743. The fourth-order valence-electron chi connectivity index (χ4n) is 0.743. The van der Waals surface area contributed by atoms with Gasteiger partial charge in [0.05, 0.1) is 12.4 Å². The first-order valence-electron chi connectivity index (χ1n) is 3.88. The molecule has 1 heterocycles. The molecule has 4 heteroatoms. The van der Waals surface area contributed by atoms with Gasteiger partial charge in [-0.3, -0.25) is 4.79 Å². The molecule has 0 aromatic carbocycles. The van der Waals surface area contributed by atoms with Gasteiger partial charge in [-0.2, -0.15) is 0 Å². The van der Waals surface area contributed by atoms with Crippen molar-refractivity contribution in [1.82, 2.24) is 9.97 Å². The Balaban J connectivity index is 2.58. The molecule has 0 saturated carbocycles. The van der Waals surface area contributed by atoms with Gasteiger partial charge in [0.25, 0.3) is 0 Å². The van der Waals surface area contributed by atoms with Crippen LogP contribution in [-0.4, -0.2) is 22.8 Å². The second-order valence-corrected chi connectivity index (χ2v) is 2.37. The van der Waals surface area contributed by atoms with Gasteiger partial charge in [0.1, 0.15) is 11.5 Å². The Bertz CT molecular complexity index is 245. The molecule has 0 atom stereocenters. The third kappa shape index (κ3) is 2.30. The third-order valence-electron chi connectivity index (χ3n) is 1.35. The molecule has 0 aliphatic heterocycles. The van der Waals surface area contributed by atoms with E-state index in [1.807, 2.05) is 0 Å². The summed E-state index contributed by atoms with van der Waals surface area (Å²) in [5.74, 6) is 0.711. The summed E-state index contributed by atoms with van der Waals surface area (Å²) in [4.78, 5) is 18.0. The highest BCUT2D eigenvalue weighted by Gasteiger charge is 1.93. The molecule has 0 radical (unpaired) electrons. The van der Waals surface area contributed by atoms with Gasteiger partial charge in [0, 0.05) is 6.54 Å². The lowest BCUT2D eigenvalue weighted by molar-refractivity contribution is 0.111. The number of anilines is 1. The highest BCUT2D eigenvalue weighted by molar-refractivity contribution is 5.71. The molecule has 0 bridgehead atoms. The van der Waals surface area contributed by atoms with Crippen LogP contribution in [-0.2, 0) is 0 Å². The number of nitrogens with one attached hydrogen (secondary N) is 1. The van der Waals surface area contributed by atoms with Crippen LogP contribution in [0.25, 0.3) is 0 Å². The van der Waals surface area contributed by atoms with Crippen LogP contribution in [0.3, 0.4) is 0 Å². The molecule has 1 N–H and O–H groups in total. The van der Waals surface area contributed by atoms with Crippen molar-refractivity contribution in [1.29, 1.82) is 0 Å². The summed E-state index contributed by atoms with van der Waals surface area (Å²) >= 11 is 0. The highest BCUT2D eigenvalue weighted by Crippen LogP contribution is 1.98. The average Bonchev–Trinajstić information content (AvgIpc) is 2.15. The molecule has 4 nitrogen and oxygen atoms in total. The van der Waals surface area contributed by atoms with Crippen LogP contribution in [0.1, 0.15) is 23.8 Å². The van der Waals surface area contributed by atoms with Crippen LogP contribution in [0, 0.1) is 0 Å². The van der Waals surface area contributed by atoms with Crippen molar-refractivity contribution in [3.05, 3.63) is 18.1 Å². The predicted octanol–water partition coefficient (Wildman–Crippen LogP) is 1.11. The van der Waals surface area contributed by atoms with E-state index in [0.29, 0.717) is 17.8 Å². The van der Waals surface area contributed by atoms with Crippen molar-refractivity contribution < 1.29 is 4.79 Å². The lowest BCUT2D eigenvalue weighted by atomic mass is 10.4. The van der Waals surface area contributed by atoms with E-state index in [0.717, 1.165) is 13.0 Å². The van der Waals surface area contributed by atoms with Crippen LogP contribution >= 0.6 is 0 Å². The summed E-state index contributed by atoms with van der Waals surface area (Å²) in [6, 6.07) is 0. The number of carbonyl (C=O) groups is 1. The second-order valence-electron chi connectivity index (χ2n) is 2.37. The van der Waals surface area contributed by atoms with E-state index in [1.54, 1.807) is 6.20 Å². The summed E-state index contributed by atoms with van der Waals surface area (Å²) in [7, 11) is 0.